The van der Waals surface area contributed by atoms with Gasteiger partial charge in [0, 0.05) is 17.9 Å². The lowest BCUT2D eigenvalue weighted by atomic mass is 9.54. The van der Waals surface area contributed by atoms with Crippen molar-refractivity contribution in [2.75, 3.05) is 17.2 Å². The molecule has 4 fully saturated rings. The zero-order chi connectivity index (χ0) is 18.9. The second-order valence-electron chi connectivity index (χ2n) is 8.71. The average Bonchev–Trinajstić information content (AvgIpc) is 2.59. The summed E-state index contributed by atoms with van der Waals surface area (Å²) in [6, 6.07) is 6.77. The first-order valence-corrected chi connectivity index (χ1v) is 10.1. The van der Waals surface area contributed by atoms with Crippen LogP contribution in [0.15, 0.2) is 24.3 Å². The van der Waals surface area contributed by atoms with Crippen LogP contribution in [-0.4, -0.2) is 30.7 Å². The normalized spacial score (nSPS) is 32.0. The molecule has 4 aliphatic carbocycles. The van der Waals surface area contributed by atoms with Crippen molar-refractivity contribution >= 4 is 23.8 Å². The number of rotatable bonds is 7. The van der Waals surface area contributed by atoms with E-state index in [2.05, 4.69) is 16.0 Å². The molecule has 0 radical (unpaired) electrons. The summed E-state index contributed by atoms with van der Waals surface area (Å²) < 4.78 is 6.51. The Labute approximate surface area is 160 Å². The van der Waals surface area contributed by atoms with E-state index in [1.165, 1.54) is 38.5 Å². The van der Waals surface area contributed by atoms with Crippen molar-refractivity contribution in [1.82, 2.24) is 5.32 Å². The average molecular weight is 371 g/mol. The van der Waals surface area contributed by atoms with E-state index >= 15 is 0 Å². The van der Waals surface area contributed by atoms with Gasteiger partial charge in [0.1, 0.15) is 0 Å². The van der Waals surface area contributed by atoms with E-state index in [-0.39, 0.29) is 17.7 Å². The third-order valence-corrected chi connectivity index (χ3v) is 6.33. The van der Waals surface area contributed by atoms with Crippen molar-refractivity contribution in [2.24, 2.45) is 17.8 Å². The number of nitrogens with one attached hydrogen (secondary N) is 3. The maximum Gasteiger partial charge on any atom is 0.319 e. The zero-order valence-electron chi connectivity index (χ0n) is 15.9. The summed E-state index contributed by atoms with van der Waals surface area (Å²) in [5, 5.41) is 8.27. The number of hydrogen-bond acceptors (Lipinski definition) is 3. The summed E-state index contributed by atoms with van der Waals surface area (Å²) in [7, 11) is 0. The van der Waals surface area contributed by atoms with E-state index in [4.69, 9.17) is 4.74 Å². The lowest BCUT2D eigenvalue weighted by molar-refractivity contribution is -0.182. The predicted octanol–water partition coefficient (Wildman–Crippen LogP) is 3.75. The van der Waals surface area contributed by atoms with Gasteiger partial charge in [0.05, 0.1) is 11.7 Å². The number of carbonyl (C=O) groups is 2. The molecule has 0 heterocycles. The minimum atomic E-state index is -0.265. The third kappa shape index (κ3) is 4.26. The van der Waals surface area contributed by atoms with Gasteiger partial charge in [-0.05, 0) is 81.4 Å². The molecule has 0 aromatic heterocycles. The fourth-order valence-electron chi connectivity index (χ4n) is 5.81. The maximum absolute atomic E-state index is 12.2. The van der Waals surface area contributed by atoms with Gasteiger partial charge in [-0.15, -0.1) is 0 Å². The molecule has 5 rings (SSSR count). The summed E-state index contributed by atoms with van der Waals surface area (Å²) in [6.45, 7) is 2.54. The summed E-state index contributed by atoms with van der Waals surface area (Å²) in [5.74, 6) is 2.56. The second kappa shape index (κ2) is 7.50. The van der Waals surface area contributed by atoms with Crippen LogP contribution in [-0.2, 0) is 9.53 Å². The van der Waals surface area contributed by atoms with Crippen LogP contribution in [0.1, 0.15) is 45.4 Å². The Morgan fingerprint density at radius 1 is 1.19 bits per heavy atom. The van der Waals surface area contributed by atoms with Crippen LogP contribution in [0.4, 0.5) is 16.2 Å². The van der Waals surface area contributed by atoms with Crippen LogP contribution in [0.2, 0.25) is 0 Å². The molecule has 0 spiro atoms. The summed E-state index contributed by atoms with van der Waals surface area (Å²) in [4.78, 5) is 22.7. The molecule has 4 bridgehead atoms. The Bertz CT molecular complexity index is 670. The quantitative estimate of drug-likeness (QED) is 0.639. The Kier molecular flexibility index (Phi) is 5.08. The van der Waals surface area contributed by atoms with Crippen LogP contribution in [0.5, 0.6) is 0 Å². The number of ether oxygens (including phenoxy) is 1. The molecule has 27 heavy (non-hydrogen) atoms. The van der Waals surface area contributed by atoms with Crippen LogP contribution in [0.3, 0.4) is 0 Å². The van der Waals surface area contributed by atoms with Crippen LogP contribution >= 0.6 is 0 Å². The van der Waals surface area contributed by atoms with Crippen molar-refractivity contribution < 1.29 is 14.3 Å². The molecular weight excluding hydrogens is 342 g/mol. The van der Waals surface area contributed by atoms with Crippen molar-refractivity contribution in [3.8, 4) is 0 Å². The molecule has 6 nitrogen and oxygen atoms in total. The lowest BCUT2D eigenvalue weighted by Gasteiger charge is -2.57. The SMILES string of the molecule is CC(CNC(=O)Nc1cccc(NC=O)c1)OC12CC3CC(CC(C3)C1)C2. The Morgan fingerprint density at radius 3 is 2.44 bits per heavy atom. The van der Waals surface area contributed by atoms with E-state index in [0.717, 1.165) is 17.8 Å². The first-order valence-electron chi connectivity index (χ1n) is 10.1. The molecule has 1 aromatic carbocycles. The third-order valence-electron chi connectivity index (χ3n) is 6.33. The van der Waals surface area contributed by atoms with Crippen molar-refractivity contribution in [2.45, 2.75) is 57.2 Å². The number of urea groups is 1. The monoisotopic (exact) mass is 371 g/mol. The number of benzene rings is 1. The predicted molar refractivity (Wildman–Crippen MR) is 105 cm³/mol. The van der Waals surface area contributed by atoms with Crippen LogP contribution < -0.4 is 16.0 Å². The standard InChI is InChI=1S/C21H29N3O3/c1-14(27-21-9-15-5-16(10-21)7-17(6-15)11-21)12-22-20(26)24-19-4-2-3-18(8-19)23-13-25/h2-4,8,13-17H,5-7,9-12H2,1H3,(H,23,25)(H2,22,24,26). The van der Waals surface area contributed by atoms with E-state index < -0.39 is 0 Å². The Hall–Kier alpha value is -2.08. The van der Waals surface area contributed by atoms with Gasteiger partial charge in [-0.1, -0.05) is 6.07 Å². The Morgan fingerprint density at radius 2 is 1.81 bits per heavy atom. The van der Waals surface area contributed by atoms with E-state index in [1.54, 1.807) is 24.3 Å². The van der Waals surface area contributed by atoms with Gasteiger partial charge in [0.25, 0.3) is 0 Å². The van der Waals surface area contributed by atoms with Gasteiger partial charge in [0.2, 0.25) is 6.41 Å². The minimum absolute atomic E-state index is 0.00457. The molecule has 3 N–H and O–H groups in total. The highest BCUT2D eigenvalue weighted by Crippen LogP contribution is 2.57. The first-order chi connectivity index (χ1) is 13.0. The molecule has 3 amide bonds. The van der Waals surface area contributed by atoms with E-state index in [0.29, 0.717) is 24.3 Å². The van der Waals surface area contributed by atoms with Crippen LogP contribution in [0.25, 0.3) is 0 Å². The largest absolute Gasteiger partial charge is 0.370 e. The maximum atomic E-state index is 12.2. The lowest BCUT2D eigenvalue weighted by Crippen LogP contribution is -2.54. The van der Waals surface area contributed by atoms with Crippen molar-refractivity contribution in [3.05, 3.63) is 24.3 Å². The van der Waals surface area contributed by atoms with Crippen molar-refractivity contribution in [1.29, 1.82) is 0 Å². The van der Waals surface area contributed by atoms with Gasteiger partial charge < -0.3 is 20.7 Å². The van der Waals surface area contributed by atoms with Gasteiger partial charge in [0.15, 0.2) is 0 Å². The van der Waals surface area contributed by atoms with Crippen LogP contribution in [0, 0.1) is 17.8 Å². The summed E-state index contributed by atoms with van der Waals surface area (Å²) in [5.41, 5.74) is 1.33. The molecule has 1 unspecified atom stereocenters. The Balaban J connectivity index is 1.25. The number of amides is 3. The van der Waals surface area contributed by atoms with E-state index in [9.17, 15) is 9.59 Å². The molecule has 146 valence electrons. The van der Waals surface area contributed by atoms with Gasteiger partial charge in [-0.25, -0.2) is 4.79 Å². The number of anilines is 2. The molecule has 0 aliphatic heterocycles. The fraction of sp³-hybridized carbons (Fsp3) is 0.619. The highest BCUT2D eigenvalue weighted by Gasteiger charge is 2.52. The highest BCUT2D eigenvalue weighted by molar-refractivity contribution is 5.90. The van der Waals surface area contributed by atoms with E-state index in [1.807, 2.05) is 6.92 Å². The first kappa shape index (κ1) is 18.3. The highest BCUT2D eigenvalue weighted by atomic mass is 16.5. The molecule has 0 saturated heterocycles. The molecular formula is C21H29N3O3. The van der Waals surface area contributed by atoms with Gasteiger partial charge in [-0.3, -0.25) is 4.79 Å². The van der Waals surface area contributed by atoms with Gasteiger partial charge >= 0.3 is 6.03 Å². The second-order valence-corrected chi connectivity index (χ2v) is 8.71. The summed E-state index contributed by atoms with van der Waals surface area (Å²) in [6.07, 6.45) is 8.41. The molecule has 4 aliphatic rings. The minimum Gasteiger partial charge on any atom is -0.370 e. The molecule has 1 atom stereocenters. The molecule has 6 heteroatoms. The van der Waals surface area contributed by atoms with Gasteiger partial charge in [-0.2, -0.15) is 0 Å². The summed E-state index contributed by atoms with van der Waals surface area (Å²) >= 11 is 0. The fourth-order valence-corrected chi connectivity index (χ4v) is 5.81. The molecule has 4 saturated carbocycles. The number of carbonyl (C=O) groups excluding carboxylic acids is 2. The smallest absolute Gasteiger partial charge is 0.319 e. The molecule has 1 aromatic rings. The number of hydrogen-bond donors (Lipinski definition) is 3. The zero-order valence-corrected chi connectivity index (χ0v) is 15.9. The topological polar surface area (TPSA) is 79.5 Å². The van der Waals surface area contributed by atoms with Crippen molar-refractivity contribution in [3.63, 3.8) is 0 Å².